The van der Waals surface area contributed by atoms with Crippen molar-refractivity contribution >= 4 is 17.3 Å². The number of carbonyl (C=O) groups excluding carboxylic acids is 1. The second kappa shape index (κ2) is 14.3. The van der Waals surface area contributed by atoms with Crippen LogP contribution in [0, 0.1) is 5.41 Å². The first-order chi connectivity index (χ1) is 19.0. The van der Waals surface area contributed by atoms with E-state index in [1.807, 2.05) is 97.9 Å². The summed E-state index contributed by atoms with van der Waals surface area (Å²) in [4.78, 5) is 18.7. The Bertz CT molecular complexity index is 1220. The van der Waals surface area contributed by atoms with Crippen molar-refractivity contribution in [1.29, 1.82) is 5.41 Å². The van der Waals surface area contributed by atoms with Crippen LogP contribution in [0.25, 0.3) is 0 Å². The smallest absolute Gasteiger partial charge is 0.259 e. The van der Waals surface area contributed by atoms with Crippen molar-refractivity contribution < 1.29 is 9.53 Å². The van der Waals surface area contributed by atoms with E-state index in [2.05, 4.69) is 27.5 Å². The fourth-order valence-electron chi connectivity index (χ4n) is 4.59. The van der Waals surface area contributed by atoms with Crippen LogP contribution >= 0.6 is 0 Å². The molecule has 204 valence electrons. The Labute approximate surface area is 232 Å². The Kier molecular flexibility index (Phi) is 10.3. The normalized spacial score (nSPS) is 15.6. The van der Waals surface area contributed by atoms with Crippen molar-refractivity contribution in [2.45, 2.75) is 19.4 Å². The molecule has 0 aliphatic carbocycles. The SMILES string of the molecule is CC[C@H](NC(=O)/C(C(=N)c1ccccc1)=C(/Nc1ccccc1)OCCN1CCN(C)CC1)c1ccccc1. The molecule has 7 nitrogen and oxygen atoms in total. The lowest BCUT2D eigenvalue weighted by molar-refractivity contribution is -0.118. The summed E-state index contributed by atoms with van der Waals surface area (Å²) in [7, 11) is 2.14. The van der Waals surface area contributed by atoms with Gasteiger partial charge in [0.2, 0.25) is 5.88 Å². The molecule has 1 fully saturated rings. The van der Waals surface area contributed by atoms with Crippen LogP contribution in [0.2, 0.25) is 0 Å². The number of benzene rings is 3. The van der Waals surface area contributed by atoms with Crippen LogP contribution in [0.3, 0.4) is 0 Å². The van der Waals surface area contributed by atoms with Gasteiger partial charge in [0.1, 0.15) is 12.2 Å². The summed E-state index contributed by atoms with van der Waals surface area (Å²) in [5.41, 5.74) is 2.73. The number of likely N-dealkylation sites (N-methyl/N-ethyl adjacent to an activating group) is 1. The lowest BCUT2D eigenvalue weighted by Gasteiger charge is -2.32. The van der Waals surface area contributed by atoms with Crippen LogP contribution in [-0.2, 0) is 9.53 Å². The van der Waals surface area contributed by atoms with E-state index in [1.54, 1.807) is 0 Å². The molecular weight excluding hydrogens is 486 g/mol. The maximum Gasteiger partial charge on any atom is 0.259 e. The highest BCUT2D eigenvalue weighted by molar-refractivity contribution is 6.27. The molecule has 0 unspecified atom stereocenters. The molecule has 0 saturated carbocycles. The maximum atomic E-state index is 14.0. The number of anilines is 1. The molecule has 0 aromatic heterocycles. The molecule has 1 amide bonds. The van der Waals surface area contributed by atoms with Gasteiger partial charge < -0.3 is 20.3 Å². The number of amides is 1. The predicted molar refractivity (Wildman–Crippen MR) is 158 cm³/mol. The third-order valence-corrected chi connectivity index (χ3v) is 6.96. The molecular formula is C32H39N5O2. The number of hydrogen-bond acceptors (Lipinski definition) is 6. The highest BCUT2D eigenvalue weighted by atomic mass is 16.5. The maximum absolute atomic E-state index is 14.0. The van der Waals surface area contributed by atoms with Gasteiger partial charge in [0, 0.05) is 44.0 Å². The predicted octanol–water partition coefficient (Wildman–Crippen LogP) is 4.91. The van der Waals surface area contributed by atoms with Crippen molar-refractivity contribution in [2.24, 2.45) is 0 Å². The Balaban J connectivity index is 1.66. The van der Waals surface area contributed by atoms with E-state index in [1.165, 1.54) is 0 Å². The van der Waals surface area contributed by atoms with Crippen molar-refractivity contribution in [3.63, 3.8) is 0 Å². The number of piperazine rings is 1. The van der Waals surface area contributed by atoms with Crippen LogP contribution in [0.5, 0.6) is 0 Å². The van der Waals surface area contributed by atoms with Crippen molar-refractivity contribution in [2.75, 3.05) is 51.7 Å². The van der Waals surface area contributed by atoms with Gasteiger partial charge in [-0.15, -0.1) is 0 Å². The lowest BCUT2D eigenvalue weighted by Crippen LogP contribution is -2.45. The minimum absolute atomic E-state index is 0.106. The first-order valence-electron chi connectivity index (χ1n) is 13.7. The van der Waals surface area contributed by atoms with E-state index >= 15 is 0 Å². The fourth-order valence-corrected chi connectivity index (χ4v) is 4.59. The number of nitrogens with zero attached hydrogens (tertiary/aromatic N) is 2. The van der Waals surface area contributed by atoms with Crippen LogP contribution in [0.4, 0.5) is 5.69 Å². The molecule has 39 heavy (non-hydrogen) atoms. The number of nitrogens with one attached hydrogen (secondary N) is 3. The molecule has 1 aliphatic heterocycles. The summed E-state index contributed by atoms with van der Waals surface area (Å²) >= 11 is 0. The average Bonchev–Trinajstić information content (AvgIpc) is 2.98. The standard InChI is InChI=1S/C32H39N5O2/c1-3-28(25-13-7-4-8-14-25)35-31(38)29(30(33)26-15-9-5-10-16-26)32(34-27-17-11-6-12-18-27)39-24-23-37-21-19-36(2)20-22-37/h4-18,28,33-34H,3,19-24H2,1-2H3,(H,35,38)/b32-29-,33-30?/t28-/m0/s1. The van der Waals surface area contributed by atoms with Crippen LogP contribution in [-0.4, -0.2) is 67.8 Å². The monoisotopic (exact) mass is 525 g/mol. The van der Waals surface area contributed by atoms with Crippen LogP contribution in [0.1, 0.15) is 30.5 Å². The van der Waals surface area contributed by atoms with Gasteiger partial charge in [0.05, 0.1) is 11.8 Å². The number of hydrogen-bond donors (Lipinski definition) is 3. The molecule has 3 N–H and O–H groups in total. The van der Waals surface area contributed by atoms with Crippen molar-refractivity contribution in [1.82, 2.24) is 15.1 Å². The average molecular weight is 526 g/mol. The third-order valence-electron chi connectivity index (χ3n) is 6.96. The lowest BCUT2D eigenvalue weighted by atomic mass is 10.00. The van der Waals surface area contributed by atoms with Gasteiger partial charge >= 0.3 is 0 Å². The number of ether oxygens (including phenoxy) is 1. The van der Waals surface area contributed by atoms with Gasteiger partial charge in [-0.2, -0.15) is 0 Å². The molecule has 0 radical (unpaired) electrons. The molecule has 7 heteroatoms. The van der Waals surface area contributed by atoms with Gasteiger partial charge in [0.15, 0.2) is 0 Å². The Morgan fingerprint density at radius 3 is 2.10 bits per heavy atom. The van der Waals surface area contributed by atoms with E-state index in [9.17, 15) is 4.79 Å². The van der Waals surface area contributed by atoms with Gasteiger partial charge in [0.25, 0.3) is 5.91 Å². The van der Waals surface area contributed by atoms with E-state index < -0.39 is 0 Å². The number of rotatable bonds is 12. The Hall–Kier alpha value is -3.94. The van der Waals surface area contributed by atoms with Crippen molar-refractivity contribution in [3.05, 3.63) is 114 Å². The summed E-state index contributed by atoms with van der Waals surface area (Å²) in [6.45, 7) is 7.18. The topological polar surface area (TPSA) is 80.7 Å². The Morgan fingerprint density at radius 1 is 0.897 bits per heavy atom. The minimum Gasteiger partial charge on any atom is -0.477 e. The van der Waals surface area contributed by atoms with Crippen LogP contribution < -0.4 is 10.6 Å². The first kappa shape index (κ1) is 28.1. The first-order valence-corrected chi connectivity index (χ1v) is 13.7. The van der Waals surface area contributed by atoms with Gasteiger partial charge in [-0.3, -0.25) is 15.1 Å². The number of para-hydroxylation sites is 1. The zero-order chi connectivity index (χ0) is 27.5. The highest BCUT2D eigenvalue weighted by Gasteiger charge is 2.26. The summed E-state index contributed by atoms with van der Waals surface area (Å²) < 4.78 is 6.33. The molecule has 3 aromatic rings. The fraction of sp³-hybridized carbons (Fsp3) is 0.312. The Morgan fingerprint density at radius 2 is 1.49 bits per heavy atom. The van der Waals surface area contributed by atoms with Gasteiger partial charge in [-0.05, 0) is 31.2 Å². The summed E-state index contributed by atoms with van der Waals surface area (Å²) in [5.74, 6) is -0.0674. The summed E-state index contributed by atoms with van der Waals surface area (Å²) in [6, 6.07) is 28.7. The van der Waals surface area contributed by atoms with E-state index in [0.717, 1.165) is 44.0 Å². The number of carbonyl (C=O) groups is 1. The zero-order valence-electron chi connectivity index (χ0n) is 22.9. The van der Waals surface area contributed by atoms with Gasteiger partial charge in [-0.1, -0.05) is 85.8 Å². The second-order valence-corrected chi connectivity index (χ2v) is 9.77. The molecule has 0 bridgehead atoms. The molecule has 1 saturated heterocycles. The second-order valence-electron chi connectivity index (χ2n) is 9.77. The van der Waals surface area contributed by atoms with E-state index in [-0.39, 0.29) is 29.1 Å². The molecule has 1 atom stereocenters. The van der Waals surface area contributed by atoms with Gasteiger partial charge in [-0.25, -0.2) is 0 Å². The largest absolute Gasteiger partial charge is 0.477 e. The molecule has 3 aromatic carbocycles. The summed E-state index contributed by atoms with van der Waals surface area (Å²) in [6.07, 6.45) is 0.716. The summed E-state index contributed by atoms with van der Waals surface area (Å²) in [5, 5.41) is 15.6. The van der Waals surface area contributed by atoms with Crippen LogP contribution in [0.15, 0.2) is 102 Å². The molecule has 1 aliphatic rings. The van der Waals surface area contributed by atoms with Crippen molar-refractivity contribution in [3.8, 4) is 0 Å². The zero-order valence-corrected chi connectivity index (χ0v) is 22.9. The molecule has 4 rings (SSSR count). The van der Waals surface area contributed by atoms with E-state index in [0.29, 0.717) is 18.6 Å². The minimum atomic E-state index is -0.349. The quantitative estimate of drug-likeness (QED) is 0.178. The molecule has 0 spiro atoms. The van der Waals surface area contributed by atoms with E-state index in [4.69, 9.17) is 10.1 Å². The highest BCUT2D eigenvalue weighted by Crippen LogP contribution is 2.21. The third kappa shape index (κ3) is 8.02. The molecule has 1 heterocycles.